The number of guanidine groups is 1. The van der Waals surface area contributed by atoms with Gasteiger partial charge in [0.2, 0.25) is 0 Å². The largest absolute Gasteiger partial charge is 0.379 e. The highest BCUT2D eigenvalue weighted by molar-refractivity contribution is 6.31. The number of aliphatic imine (C=N–C) groups is 1. The minimum absolute atomic E-state index is 0.164. The summed E-state index contributed by atoms with van der Waals surface area (Å²) in [6.07, 6.45) is 2.19. The minimum atomic E-state index is 0.164. The van der Waals surface area contributed by atoms with E-state index < -0.39 is 0 Å². The first kappa shape index (κ1) is 22.3. The molecule has 0 aliphatic carbocycles. The number of benzene rings is 1. The Morgan fingerprint density at radius 1 is 1.24 bits per heavy atom. The van der Waals surface area contributed by atoms with Crippen LogP contribution in [-0.4, -0.2) is 83.2 Å². The maximum atomic E-state index is 6.51. The predicted octanol–water partition coefficient (Wildman–Crippen LogP) is 2.07. The van der Waals surface area contributed by atoms with Crippen molar-refractivity contribution in [2.45, 2.75) is 25.0 Å². The summed E-state index contributed by atoms with van der Waals surface area (Å²) in [5, 5.41) is 7.63. The topological polar surface area (TPSA) is 67.4 Å². The van der Waals surface area contributed by atoms with E-state index in [1.807, 2.05) is 18.2 Å². The second kappa shape index (κ2) is 12.3. The molecule has 0 saturated carbocycles. The molecule has 2 fully saturated rings. The maximum absolute atomic E-state index is 6.51. The van der Waals surface area contributed by atoms with Crippen LogP contribution in [-0.2, 0) is 14.2 Å². The molecule has 0 amide bonds. The van der Waals surface area contributed by atoms with Crippen LogP contribution in [0.5, 0.6) is 0 Å². The Balaban J connectivity index is 1.47. The van der Waals surface area contributed by atoms with E-state index in [0.717, 1.165) is 88.6 Å². The third-order valence-electron chi connectivity index (χ3n) is 5.29. The van der Waals surface area contributed by atoms with Crippen molar-refractivity contribution in [3.8, 4) is 0 Å². The highest BCUT2D eigenvalue weighted by atomic mass is 35.5. The normalized spacial score (nSPS) is 21.9. The zero-order chi connectivity index (χ0) is 20.3. The van der Waals surface area contributed by atoms with Gasteiger partial charge >= 0.3 is 0 Å². The van der Waals surface area contributed by atoms with Gasteiger partial charge in [-0.1, -0.05) is 29.8 Å². The monoisotopic (exact) mass is 424 g/mol. The second-order valence-corrected chi connectivity index (χ2v) is 7.68. The number of rotatable bonds is 9. The standard InChI is InChI=1S/C21H33ClN4O3/c1-23-21(24-8-4-11-29-17-7-12-28-16-17)25-15-20(26-9-13-27-14-10-26)18-5-2-3-6-19(18)22/h2-3,5-6,17,20H,4,7-16H2,1H3,(H2,23,24,25). The van der Waals surface area contributed by atoms with Gasteiger partial charge in [-0.15, -0.1) is 0 Å². The molecule has 162 valence electrons. The molecule has 2 aliphatic rings. The van der Waals surface area contributed by atoms with Crippen molar-refractivity contribution < 1.29 is 14.2 Å². The molecule has 2 N–H and O–H groups in total. The summed E-state index contributed by atoms with van der Waals surface area (Å²) >= 11 is 6.51. The minimum Gasteiger partial charge on any atom is -0.379 e. The lowest BCUT2D eigenvalue weighted by Crippen LogP contribution is -2.46. The molecule has 2 unspecified atom stereocenters. The first-order chi connectivity index (χ1) is 14.3. The van der Waals surface area contributed by atoms with Gasteiger partial charge in [-0.25, -0.2) is 0 Å². The van der Waals surface area contributed by atoms with E-state index in [1.54, 1.807) is 7.05 Å². The molecule has 3 rings (SSSR count). The van der Waals surface area contributed by atoms with Gasteiger partial charge < -0.3 is 24.8 Å². The zero-order valence-electron chi connectivity index (χ0n) is 17.2. The molecule has 8 heteroatoms. The summed E-state index contributed by atoms with van der Waals surface area (Å²) in [6.45, 7) is 7.09. The van der Waals surface area contributed by atoms with Gasteiger partial charge in [0.25, 0.3) is 0 Å². The fourth-order valence-corrected chi connectivity index (χ4v) is 3.92. The average molecular weight is 425 g/mol. The van der Waals surface area contributed by atoms with E-state index in [-0.39, 0.29) is 12.1 Å². The van der Waals surface area contributed by atoms with Gasteiger partial charge in [-0.3, -0.25) is 9.89 Å². The highest BCUT2D eigenvalue weighted by Crippen LogP contribution is 2.27. The molecule has 2 saturated heterocycles. The molecule has 2 aliphatic heterocycles. The molecule has 7 nitrogen and oxygen atoms in total. The van der Waals surface area contributed by atoms with E-state index in [9.17, 15) is 0 Å². The van der Waals surface area contributed by atoms with Crippen LogP contribution >= 0.6 is 11.6 Å². The van der Waals surface area contributed by atoms with Crippen molar-refractivity contribution >= 4 is 17.6 Å². The lowest BCUT2D eigenvalue weighted by Gasteiger charge is -2.35. The number of hydrogen-bond acceptors (Lipinski definition) is 5. The first-order valence-electron chi connectivity index (χ1n) is 10.5. The summed E-state index contributed by atoms with van der Waals surface area (Å²) in [7, 11) is 1.79. The Hall–Kier alpha value is -1.38. The molecular formula is C21H33ClN4O3. The van der Waals surface area contributed by atoms with E-state index in [0.29, 0.717) is 0 Å². The molecule has 1 aromatic rings. The Morgan fingerprint density at radius 3 is 2.79 bits per heavy atom. The molecular weight excluding hydrogens is 392 g/mol. The first-order valence-corrected chi connectivity index (χ1v) is 10.9. The van der Waals surface area contributed by atoms with Gasteiger partial charge in [0.1, 0.15) is 0 Å². The van der Waals surface area contributed by atoms with Crippen LogP contribution in [0, 0.1) is 0 Å². The number of halogens is 1. The van der Waals surface area contributed by atoms with E-state index in [4.69, 9.17) is 25.8 Å². The fourth-order valence-electron chi connectivity index (χ4n) is 3.66. The van der Waals surface area contributed by atoms with E-state index in [1.165, 1.54) is 0 Å². The van der Waals surface area contributed by atoms with Crippen molar-refractivity contribution in [3.63, 3.8) is 0 Å². The van der Waals surface area contributed by atoms with Crippen LogP contribution in [0.1, 0.15) is 24.4 Å². The van der Waals surface area contributed by atoms with Crippen molar-refractivity contribution in [2.75, 3.05) is 66.3 Å². The zero-order valence-corrected chi connectivity index (χ0v) is 18.0. The smallest absolute Gasteiger partial charge is 0.191 e. The Morgan fingerprint density at radius 2 is 2.07 bits per heavy atom. The average Bonchev–Trinajstić information content (AvgIpc) is 3.27. The molecule has 2 atom stereocenters. The molecule has 0 spiro atoms. The lowest BCUT2D eigenvalue weighted by molar-refractivity contribution is 0.0170. The summed E-state index contributed by atoms with van der Waals surface area (Å²) in [6, 6.07) is 8.22. The van der Waals surface area contributed by atoms with Crippen molar-refractivity contribution in [1.82, 2.24) is 15.5 Å². The Labute approximate surface area is 178 Å². The lowest BCUT2D eigenvalue weighted by atomic mass is 10.0. The van der Waals surface area contributed by atoms with E-state index >= 15 is 0 Å². The predicted molar refractivity (Wildman–Crippen MR) is 116 cm³/mol. The maximum Gasteiger partial charge on any atom is 0.191 e. The quantitative estimate of drug-likeness (QED) is 0.359. The Bertz CT molecular complexity index is 634. The van der Waals surface area contributed by atoms with Crippen LogP contribution in [0.3, 0.4) is 0 Å². The van der Waals surface area contributed by atoms with Crippen molar-refractivity contribution in [1.29, 1.82) is 0 Å². The molecule has 0 bridgehead atoms. The molecule has 0 radical (unpaired) electrons. The fraction of sp³-hybridized carbons (Fsp3) is 0.667. The van der Waals surface area contributed by atoms with Gasteiger partial charge in [-0.2, -0.15) is 0 Å². The highest BCUT2D eigenvalue weighted by Gasteiger charge is 2.24. The third kappa shape index (κ3) is 7.12. The molecule has 29 heavy (non-hydrogen) atoms. The molecule has 1 aromatic carbocycles. The SMILES string of the molecule is CN=C(NCCCOC1CCOC1)NCC(c1ccccc1Cl)N1CCOCC1. The van der Waals surface area contributed by atoms with Crippen molar-refractivity contribution in [2.24, 2.45) is 4.99 Å². The van der Waals surface area contributed by atoms with Crippen LogP contribution in [0.2, 0.25) is 5.02 Å². The van der Waals surface area contributed by atoms with Gasteiger partial charge in [-0.05, 0) is 24.5 Å². The molecule has 0 aromatic heterocycles. The number of hydrogen-bond donors (Lipinski definition) is 2. The van der Waals surface area contributed by atoms with E-state index in [2.05, 4.69) is 26.6 Å². The number of ether oxygens (including phenoxy) is 3. The molecule has 2 heterocycles. The number of nitrogens with zero attached hydrogens (tertiary/aromatic N) is 2. The van der Waals surface area contributed by atoms with Crippen LogP contribution < -0.4 is 10.6 Å². The summed E-state index contributed by atoms with van der Waals surface area (Å²) in [4.78, 5) is 6.77. The van der Waals surface area contributed by atoms with Gasteiger partial charge in [0.05, 0.1) is 32.0 Å². The Kier molecular flexibility index (Phi) is 9.50. The second-order valence-electron chi connectivity index (χ2n) is 7.28. The number of morpholine rings is 1. The van der Waals surface area contributed by atoms with Crippen LogP contribution in [0.25, 0.3) is 0 Å². The van der Waals surface area contributed by atoms with Gasteiger partial charge in [0, 0.05) is 51.5 Å². The summed E-state index contributed by atoms with van der Waals surface area (Å²) < 4.78 is 16.7. The van der Waals surface area contributed by atoms with Crippen LogP contribution in [0.15, 0.2) is 29.3 Å². The van der Waals surface area contributed by atoms with Gasteiger partial charge in [0.15, 0.2) is 5.96 Å². The summed E-state index contributed by atoms with van der Waals surface area (Å²) in [5.41, 5.74) is 1.13. The van der Waals surface area contributed by atoms with Crippen LogP contribution in [0.4, 0.5) is 0 Å². The van der Waals surface area contributed by atoms with Crippen molar-refractivity contribution in [3.05, 3.63) is 34.9 Å². The summed E-state index contributed by atoms with van der Waals surface area (Å²) in [5.74, 6) is 0.791. The third-order valence-corrected chi connectivity index (χ3v) is 5.64. The number of nitrogens with one attached hydrogen (secondary N) is 2.